The van der Waals surface area contributed by atoms with E-state index in [2.05, 4.69) is 12.1 Å². The van der Waals surface area contributed by atoms with Crippen molar-refractivity contribution in [3.8, 4) is 11.1 Å². The molecule has 0 amide bonds. The minimum Gasteiger partial charge on any atom is -0.242 e. The Morgan fingerprint density at radius 1 is 0.882 bits per heavy atom. The van der Waals surface area contributed by atoms with Crippen LogP contribution >= 0.6 is 0 Å². The van der Waals surface area contributed by atoms with E-state index in [1.165, 1.54) is 5.56 Å². The van der Waals surface area contributed by atoms with E-state index in [1.807, 2.05) is 49.4 Å². The summed E-state index contributed by atoms with van der Waals surface area (Å²) in [5, 5.41) is 0. The molecule has 0 aliphatic carbocycles. The quantitative estimate of drug-likeness (QED) is 0.677. The highest BCUT2D eigenvalue weighted by Crippen LogP contribution is 2.26. The summed E-state index contributed by atoms with van der Waals surface area (Å²) in [5.41, 5.74) is 3.09. The summed E-state index contributed by atoms with van der Waals surface area (Å²) < 4.78 is 13.7. The zero-order valence-electron chi connectivity index (χ0n) is 10.1. The van der Waals surface area contributed by atoms with Gasteiger partial charge in [0, 0.05) is 0 Å². The van der Waals surface area contributed by atoms with Gasteiger partial charge in [-0.3, -0.25) is 0 Å². The molecule has 1 unspecified atom stereocenters. The van der Waals surface area contributed by atoms with Crippen molar-refractivity contribution in [1.29, 1.82) is 0 Å². The second-order valence-electron chi connectivity index (χ2n) is 4.24. The number of rotatable bonds is 4. The first-order valence-electron chi connectivity index (χ1n) is 6.10. The van der Waals surface area contributed by atoms with E-state index in [0.29, 0.717) is 6.42 Å². The van der Waals surface area contributed by atoms with Crippen LogP contribution in [0.4, 0.5) is 4.39 Å². The maximum Gasteiger partial charge on any atom is 0.125 e. The molecule has 17 heavy (non-hydrogen) atoms. The molecule has 0 spiro atoms. The molecular formula is C16H17F. The van der Waals surface area contributed by atoms with E-state index < -0.39 is 6.17 Å². The molecule has 0 aliphatic heterocycles. The summed E-state index contributed by atoms with van der Waals surface area (Å²) in [6.45, 7) is 2.00. The molecule has 0 N–H and O–H groups in total. The Kier molecular flexibility index (Phi) is 3.92. The van der Waals surface area contributed by atoms with E-state index in [1.54, 1.807) is 0 Å². The van der Waals surface area contributed by atoms with Crippen molar-refractivity contribution in [2.45, 2.75) is 25.9 Å². The normalized spacial score (nSPS) is 12.4. The molecule has 0 aliphatic rings. The largest absolute Gasteiger partial charge is 0.242 e. The molecule has 0 saturated heterocycles. The monoisotopic (exact) mass is 228 g/mol. The molecule has 0 aromatic heterocycles. The summed E-state index contributed by atoms with van der Waals surface area (Å²) in [6, 6.07) is 17.9. The van der Waals surface area contributed by atoms with Gasteiger partial charge in [-0.05, 0) is 23.1 Å². The summed E-state index contributed by atoms with van der Waals surface area (Å²) in [4.78, 5) is 0. The van der Waals surface area contributed by atoms with E-state index in [-0.39, 0.29) is 0 Å². The highest BCUT2D eigenvalue weighted by atomic mass is 19.1. The van der Waals surface area contributed by atoms with Gasteiger partial charge in [0.2, 0.25) is 0 Å². The molecule has 88 valence electrons. The minimum atomic E-state index is -0.829. The van der Waals surface area contributed by atoms with Gasteiger partial charge in [-0.25, -0.2) is 4.39 Å². The highest BCUT2D eigenvalue weighted by molar-refractivity contribution is 5.63. The van der Waals surface area contributed by atoms with Crippen LogP contribution in [0, 0.1) is 0 Å². The molecule has 2 aromatic rings. The van der Waals surface area contributed by atoms with Crippen LogP contribution in [0.3, 0.4) is 0 Å². The fraction of sp³-hybridized carbons (Fsp3) is 0.250. The Labute approximate surface area is 102 Å². The van der Waals surface area contributed by atoms with Crippen LogP contribution in [0.15, 0.2) is 54.6 Å². The van der Waals surface area contributed by atoms with Gasteiger partial charge in [0.05, 0.1) is 0 Å². The van der Waals surface area contributed by atoms with Crippen molar-refractivity contribution < 1.29 is 4.39 Å². The molecule has 0 fully saturated rings. The zero-order valence-corrected chi connectivity index (χ0v) is 10.1. The molecule has 0 radical (unpaired) electrons. The third kappa shape index (κ3) is 2.94. The highest BCUT2D eigenvalue weighted by Gasteiger charge is 2.08. The van der Waals surface area contributed by atoms with E-state index >= 15 is 0 Å². The van der Waals surface area contributed by atoms with Gasteiger partial charge in [0.25, 0.3) is 0 Å². The van der Waals surface area contributed by atoms with Crippen LogP contribution in [0.25, 0.3) is 11.1 Å². The molecule has 1 heteroatoms. The SMILES string of the molecule is CCCC(F)c1ccc(-c2ccccc2)cc1. The molecule has 0 bridgehead atoms. The Balaban J connectivity index is 2.19. The smallest absolute Gasteiger partial charge is 0.125 e. The molecule has 0 nitrogen and oxygen atoms in total. The van der Waals surface area contributed by atoms with Gasteiger partial charge < -0.3 is 0 Å². The van der Waals surface area contributed by atoms with E-state index in [9.17, 15) is 4.39 Å². The number of alkyl halides is 1. The maximum absolute atomic E-state index is 13.7. The maximum atomic E-state index is 13.7. The van der Waals surface area contributed by atoms with E-state index in [0.717, 1.165) is 17.5 Å². The summed E-state index contributed by atoms with van der Waals surface area (Å²) in [5.74, 6) is 0. The van der Waals surface area contributed by atoms with Crippen LogP contribution in [0.1, 0.15) is 31.5 Å². The van der Waals surface area contributed by atoms with Gasteiger partial charge in [0.1, 0.15) is 6.17 Å². The van der Waals surface area contributed by atoms with Crippen molar-refractivity contribution in [3.05, 3.63) is 60.2 Å². The predicted octanol–water partition coefficient (Wildman–Crippen LogP) is 5.16. The molecule has 1 atom stereocenters. The fourth-order valence-electron chi connectivity index (χ4n) is 1.94. The second kappa shape index (κ2) is 5.62. The lowest BCUT2D eigenvalue weighted by Gasteiger charge is -2.08. The lowest BCUT2D eigenvalue weighted by Crippen LogP contribution is -1.90. The van der Waals surface area contributed by atoms with Crippen LogP contribution in [0.5, 0.6) is 0 Å². The molecule has 2 rings (SSSR count). The summed E-state index contributed by atoms with van der Waals surface area (Å²) in [7, 11) is 0. The van der Waals surface area contributed by atoms with Crippen LogP contribution < -0.4 is 0 Å². The Morgan fingerprint density at radius 2 is 1.47 bits per heavy atom. The Bertz CT molecular complexity index is 445. The van der Waals surface area contributed by atoms with Crippen molar-refractivity contribution >= 4 is 0 Å². The summed E-state index contributed by atoms with van der Waals surface area (Å²) >= 11 is 0. The molecule has 2 aromatic carbocycles. The van der Waals surface area contributed by atoms with Crippen molar-refractivity contribution in [2.75, 3.05) is 0 Å². The standard InChI is InChI=1S/C16H17F/c1-2-6-16(17)15-11-9-14(10-12-15)13-7-4-3-5-8-13/h3-5,7-12,16H,2,6H2,1H3. The van der Waals surface area contributed by atoms with Gasteiger partial charge in [-0.15, -0.1) is 0 Å². The van der Waals surface area contributed by atoms with Crippen molar-refractivity contribution in [1.82, 2.24) is 0 Å². The van der Waals surface area contributed by atoms with Crippen LogP contribution in [-0.4, -0.2) is 0 Å². The lowest BCUT2D eigenvalue weighted by atomic mass is 10.0. The van der Waals surface area contributed by atoms with Gasteiger partial charge in [0.15, 0.2) is 0 Å². The average Bonchev–Trinajstić information content (AvgIpc) is 2.40. The van der Waals surface area contributed by atoms with Crippen molar-refractivity contribution in [3.63, 3.8) is 0 Å². The minimum absolute atomic E-state index is 0.602. The zero-order chi connectivity index (χ0) is 12.1. The second-order valence-corrected chi connectivity index (χ2v) is 4.24. The van der Waals surface area contributed by atoms with Crippen LogP contribution in [-0.2, 0) is 0 Å². The number of halogens is 1. The third-order valence-electron chi connectivity index (χ3n) is 2.92. The number of hydrogen-bond donors (Lipinski definition) is 0. The van der Waals surface area contributed by atoms with Crippen LogP contribution in [0.2, 0.25) is 0 Å². The predicted molar refractivity (Wildman–Crippen MR) is 70.6 cm³/mol. The third-order valence-corrected chi connectivity index (χ3v) is 2.92. The van der Waals surface area contributed by atoms with Gasteiger partial charge >= 0.3 is 0 Å². The number of hydrogen-bond acceptors (Lipinski definition) is 0. The van der Waals surface area contributed by atoms with Gasteiger partial charge in [-0.2, -0.15) is 0 Å². The topological polar surface area (TPSA) is 0 Å². The lowest BCUT2D eigenvalue weighted by molar-refractivity contribution is 0.321. The molecule has 0 heterocycles. The fourth-order valence-corrected chi connectivity index (χ4v) is 1.94. The van der Waals surface area contributed by atoms with E-state index in [4.69, 9.17) is 0 Å². The average molecular weight is 228 g/mol. The number of benzene rings is 2. The summed E-state index contributed by atoms with van der Waals surface area (Å²) in [6.07, 6.45) is 0.650. The van der Waals surface area contributed by atoms with Gasteiger partial charge in [-0.1, -0.05) is 67.9 Å². The molecule has 0 saturated carbocycles. The first-order chi connectivity index (χ1) is 8.31. The first kappa shape index (κ1) is 11.8. The first-order valence-corrected chi connectivity index (χ1v) is 6.10. The molecular weight excluding hydrogens is 211 g/mol. The Morgan fingerprint density at radius 3 is 2.06 bits per heavy atom. The van der Waals surface area contributed by atoms with Crippen molar-refractivity contribution in [2.24, 2.45) is 0 Å². The Hall–Kier alpha value is -1.63.